The Balaban J connectivity index is 2.35. The van der Waals surface area contributed by atoms with Crippen LogP contribution < -0.4 is 10.6 Å². The smallest absolute Gasteiger partial charge is 0.315 e. The zero-order valence-corrected chi connectivity index (χ0v) is 9.52. The maximum absolute atomic E-state index is 5.31. The van der Waals surface area contributed by atoms with E-state index in [1.165, 1.54) is 0 Å². The standard InChI is InChI=1S/C8H16N4OS/c1-6(14-3)4-10-8-12-11-7(13-8)5-9-2/h6,9H,4-5H2,1-3H3,(H,10,12). The maximum atomic E-state index is 5.31. The molecule has 14 heavy (non-hydrogen) atoms. The van der Waals surface area contributed by atoms with Gasteiger partial charge in [0.25, 0.3) is 0 Å². The van der Waals surface area contributed by atoms with Crippen LogP contribution in [-0.2, 0) is 6.54 Å². The summed E-state index contributed by atoms with van der Waals surface area (Å²) >= 11 is 1.80. The molecule has 5 nitrogen and oxygen atoms in total. The maximum Gasteiger partial charge on any atom is 0.315 e. The molecule has 1 aromatic heterocycles. The van der Waals surface area contributed by atoms with Gasteiger partial charge in [-0.2, -0.15) is 11.8 Å². The lowest BCUT2D eigenvalue weighted by molar-refractivity contribution is 0.489. The van der Waals surface area contributed by atoms with Gasteiger partial charge in [-0.3, -0.25) is 0 Å². The monoisotopic (exact) mass is 216 g/mol. The molecule has 0 amide bonds. The van der Waals surface area contributed by atoms with Crippen molar-refractivity contribution in [3.05, 3.63) is 5.89 Å². The fraction of sp³-hybridized carbons (Fsp3) is 0.750. The van der Waals surface area contributed by atoms with E-state index in [0.717, 1.165) is 6.54 Å². The molecule has 0 aliphatic rings. The Kier molecular flexibility index (Phi) is 4.75. The second kappa shape index (κ2) is 5.87. The first-order chi connectivity index (χ1) is 6.76. The molecule has 1 rings (SSSR count). The van der Waals surface area contributed by atoms with Gasteiger partial charge in [0.1, 0.15) is 0 Å². The Labute approximate surface area is 88.0 Å². The van der Waals surface area contributed by atoms with Gasteiger partial charge in [-0.15, -0.1) is 5.10 Å². The second-order valence-electron chi connectivity index (χ2n) is 2.96. The molecule has 0 aromatic carbocycles. The zero-order chi connectivity index (χ0) is 10.4. The molecule has 80 valence electrons. The third kappa shape index (κ3) is 3.55. The molecule has 1 aromatic rings. The summed E-state index contributed by atoms with van der Waals surface area (Å²) in [5.74, 6) is 0.604. The first-order valence-electron chi connectivity index (χ1n) is 4.50. The summed E-state index contributed by atoms with van der Waals surface area (Å²) in [6.45, 7) is 3.58. The van der Waals surface area contributed by atoms with Gasteiger partial charge in [0.15, 0.2) is 0 Å². The number of aromatic nitrogens is 2. The Morgan fingerprint density at radius 1 is 1.50 bits per heavy atom. The fourth-order valence-corrected chi connectivity index (χ4v) is 1.11. The molecule has 1 atom stereocenters. The average Bonchev–Trinajstić information content (AvgIpc) is 2.63. The van der Waals surface area contributed by atoms with Crippen LogP contribution in [0.4, 0.5) is 6.01 Å². The van der Waals surface area contributed by atoms with E-state index in [1.54, 1.807) is 11.8 Å². The van der Waals surface area contributed by atoms with E-state index in [9.17, 15) is 0 Å². The molecule has 0 bridgehead atoms. The number of thioether (sulfide) groups is 1. The highest BCUT2D eigenvalue weighted by molar-refractivity contribution is 7.99. The van der Waals surface area contributed by atoms with Crippen LogP contribution in [0.25, 0.3) is 0 Å². The highest BCUT2D eigenvalue weighted by Gasteiger charge is 2.05. The first-order valence-corrected chi connectivity index (χ1v) is 5.78. The van der Waals surface area contributed by atoms with Crippen molar-refractivity contribution in [2.75, 3.05) is 25.2 Å². The van der Waals surface area contributed by atoms with E-state index < -0.39 is 0 Å². The Hall–Kier alpha value is -0.750. The van der Waals surface area contributed by atoms with Crippen LogP contribution in [0, 0.1) is 0 Å². The van der Waals surface area contributed by atoms with Crippen LogP contribution in [0.2, 0.25) is 0 Å². The zero-order valence-electron chi connectivity index (χ0n) is 8.70. The summed E-state index contributed by atoms with van der Waals surface area (Å²) in [4.78, 5) is 0. The molecule has 6 heteroatoms. The van der Waals surface area contributed by atoms with Crippen molar-refractivity contribution in [1.82, 2.24) is 15.5 Å². The fourth-order valence-electron chi connectivity index (χ4n) is 0.862. The van der Waals surface area contributed by atoms with Crippen molar-refractivity contribution < 1.29 is 4.42 Å². The normalized spacial score (nSPS) is 12.8. The Morgan fingerprint density at radius 3 is 2.93 bits per heavy atom. The molecular weight excluding hydrogens is 200 g/mol. The van der Waals surface area contributed by atoms with Gasteiger partial charge in [-0.1, -0.05) is 12.0 Å². The minimum Gasteiger partial charge on any atom is -0.407 e. The number of nitrogens with zero attached hydrogens (tertiary/aromatic N) is 2. The minimum absolute atomic E-state index is 0.496. The quantitative estimate of drug-likeness (QED) is 0.738. The van der Waals surface area contributed by atoms with E-state index >= 15 is 0 Å². The molecule has 1 heterocycles. The SMILES string of the molecule is CNCc1nnc(NCC(C)SC)o1. The van der Waals surface area contributed by atoms with Crippen molar-refractivity contribution in [3.8, 4) is 0 Å². The Bertz CT molecular complexity index is 266. The third-order valence-electron chi connectivity index (χ3n) is 1.74. The molecule has 2 N–H and O–H groups in total. The van der Waals surface area contributed by atoms with Gasteiger partial charge in [0.05, 0.1) is 6.54 Å². The van der Waals surface area contributed by atoms with E-state index in [1.807, 2.05) is 7.05 Å². The second-order valence-corrected chi connectivity index (χ2v) is 4.23. The number of anilines is 1. The van der Waals surface area contributed by atoms with E-state index in [2.05, 4.69) is 34.0 Å². The molecule has 0 saturated heterocycles. The van der Waals surface area contributed by atoms with Crippen LogP contribution in [0.3, 0.4) is 0 Å². The van der Waals surface area contributed by atoms with Gasteiger partial charge in [0, 0.05) is 11.8 Å². The predicted octanol–water partition coefficient (Wildman–Crippen LogP) is 0.952. The minimum atomic E-state index is 0.496. The van der Waals surface area contributed by atoms with Crippen molar-refractivity contribution >= 4 is 17.8 Å². The number of nitrogens with one attached hydrogen (secondary N) is 2. The largest absolute Gasteiger partial charge is 0.407 e. The van der Waals surface area contributed by atoms with E-state index in [0.29, 0.717) is 23.7 Å². The molecule has 0 radical (unpaired) electrons. The molecular formula is C8H16N4OS. The molecule has 0 fully saturated rings. The van der Waals surface area contributed by atoms with Gasteiger partial charge < -0.3 is 15.1 Å². The first kappa shape index (κ1) is 11.3. The van der Waals surface area contributed by atoms with Gasteiger partial charge >= 0.3 is 6.01 Å². The van der Waals surface area contributed by atoms with Gasteiger partial charge in [-0.25, -0.2) is 0 Å². The average molecular weight is 216 g/mol. The summed E-state index contributed by atoms with van der Waals surface area (Å²) in [6.07, 6.45) is 2.08. The third-order valence-corrected chi connectivity index (χ3v) is 2.71. The molecule has 0 aliphatic heterocycles. The van der Waals surface area contributed by atoms with Crippen molar-refractivity contribution in [3.63, 3.8) is 0 Å². The number of hydrogen-bond donors (Lipinski definition) is 2. The lowest BCUT2D eigenvalue weighted by Crippen LogP contribution is -2.12. The van der Waals surface area contributed by atoms with Crippen molar-refractivity contribution in [2.45, 2.75) is 18.7 Å². The van der Waals surface area contributed by atoms with Crippen LogP contribution in [0.15, 0.2) is 4.42 Å². The highest BCUT2D eigenvalue weighted by Crippen LogP contribution is 2.08. The topological polar surface area (TPSA) is 63.0 Å². The Morgan fingerprint density at radius 2 is 2.29 bits per heavy atom. The lowest BCUT2D eigenvalue weighted by Gasteiger charge is -2.06. The summed E-state index contributed by atoms with van der Waals surface area (Å²) < 4.78 is 5.31. The van der Waals surface area contributed by atoms with E-state index in [4.69, 9.17) is 4.42 Å². The lowest BCUT2D eigenvalue weighted by atomic mass is 10.5. The summed E-state index contributed by atoms with van der Waals surface area (Å²) in [7, 11) is 1.84. The summed E-state index contributed by atoms with van der Waals surface area (Å²) in [5.41, 5.74) is 0. The van der Waals surface area contributed by atoms with Crippen molar-refractivity contribution in [1.29, 1.82) is 0 Å². The van der Waals surface area contributed by atoms with Crippen LogP contribution in [0.1, 0.15) is 12.8 Å². The van der Waals surface area contributed by atoms with Crippen LogP contribution >= 0.6 is 11.8 Å². The summed E-state index contributed by atoms with van der Waals surface area (Å²) in [6, 6.07) is 0.496. The van der Waals surface area contributed by atoms with E-state index in [-0.39, 0.29) is 0 Å². The molecule has 1 unspecified atom stereocenters. The van der Waals surface area contributed by atoms with Crippen LogP contribution in [-0.4, -0.2) is 35.3 Å². The predicted molar refractivity (Wildman–Crippen MR) is 58.5 cm³/mol. The molecule has 0 saturated carbocycles. The summed E-state index contributed by atoms with van der Waals surface area (Å²) in [5, 5.41) is 14.3. The number of hydrogen-bond acceptors (Lipinski definition) is 6. The van der Waals surface area contributed by atoms with Gasteiger partial charge in [0.2, 0.25) is 5.89 Å². The van der Waals surface area contributed by atoms with Gasteiger partial charge in [-0.05, 0) is 13.3 Å². The highest BCUT2D eigenvalue weighted by atomic mass is 32.2. The molecule has 0 aliphatic carbocycles. The molecule has 0 spiro atoms. The van der Waals surface area contributed by atoms with Crippen molar-refractivity contribution in [2.24, 2.45) is 0 Å². The van der Waals surface area contributed by atoms with Crippen LogP contribution in [0.5, 0.6) is 0 Å². The number of rotatable bonds is 6.